The van der Waals surface area contributed by atoms with Gasteiger partial charge in [0.25, 0.3) is 10.1 Å². The van der Waals surface area contributed by atoms with Gasteiger partial charge in [0, 0.05) is 6.54 Å². The highest BCUT2D eigenvalue weighted by Gasteiger charge is 2.12. The minimum absolute atomic E-state index is 0.144. The van der Waals surface area contributed by atoms with E-state index in [4.69, 9.17) is 4.55 Å². The molecule has 0 aromatic heterocycles. The van der Waals surface area contributed by atoms with Crippen molar-refractivity contribution in [1.82, 2.24) is 4.90 Å². The molecular formula is C9H18FNO4S. The van der Waals surface area contributed by atoms with Crippen LogP contribution in [-0.4, -0.2) is 55.7 Å². The van der Waals surface area contributed by atoms with Gasteiger partial charge in [0.1, 0.15) is 0 Å². The lowest BCUT2D eigenvalue weighted by atomic mass is 10.1. The third-order valence-corrected chi connectivity index (χ3v) is 2.87. The van der Waals surface area contributed by atoms with Crippen LogP contribution in [0.15, 0.2) is 0 Å². The maximum Gasteiger partial charge on any atom is 0.266 e. The molecule has 0 heterocycles. The second-order valence-electron chi connectivity index (χ2n) is 3.81. The van der Waals surface area contributed by atoms with Crippen molar-refractivity contribution < 1.29 is 22.2 Å². The third kappa shape index (κ3) is 8.75. The summed E-state index contributed by atoms with van der Waals surface area (Å²) in [6.07, 6.45) is -0.816. The summed E-state index contributed by atoms with van der Waals surface area (Å²) in [5.41, 5.74) is 0. The van der Waals surface area contributed by atoms with Crippen molar-refractivity contribution in [2.75, 3.05) is 25.9 Å². The summed E-state index contributed by atoms with van der Waals surface area (Å²) in [7, 11) is -2.27. The van der Waals surface area contributed by atoms with Gasteiger partial charge in [-0.3, -0.25) is 9.35 Å². The largest absolute Gasteiger partial charge is 0.305 e. The number of hydrogen-bond acceptors (Lipinski definition) is 4. The van der Waals surface area contributed by atoms with Crippen molar-refractivity contribution in [1.29, 1.82) is 0 Å². The Labute approximate surface area is 95.4 Å². The molecule has 0 fully saturated rings. The monoisotopic (exact) mass is 255 g/mol. The molecule has 7 heteroatoms. The van der Waals surface area contributed by atoms with Crippen LogP contribution in [-0.2, 0) is 14.9 Å². The number of ketones is 1. The standard InChI is InChI=1S/C9H18FNO4S/c1-8(12)9(10)4-3-5-11(2)6-7-16(13,14)15/h9H,3-7H2,1-2H3,(H,13,14,15)/t9-/m0/s1. The van der Waals surface area contributed by atoms with Crippen LogP contribution < -0.4 is 0 Å². The van der Waals surface area contributed by atoms with E-state index < -0.39 is 22.1 Å². The first-order valence-electron chi connectivity index (χ1n) is 5.00. The number of hydrogen-bond donors (Lipinski definition) is 1. The molecule has 0 saturated carbocycles. The van der Waals surface area contributed by atoms with Gasteiger partial charge in [0.15, 0.2) is 12.0 Å². The van der Waals surface area contributed by atoms with Crippen molar-refractivity contribution in [3.8, 4) is 0 Å². The number of nitrogens with zero attached hydrogens (tertiary/aromatic N) is 1. The van der Waals surface area contributed by atoms with Gasteiger partial charge in [-0.25, -0.2) is 4.39 Å². The van der Waals surface area contributed by atoms with E-state index in [1.165, 1.54) is 6.92 Å². The Bertz CT molecular complexity index is 317. The molecule has 0 radical (unpaired) electrons. The van der Waals surface area contributed by atoms with Crippen LogP contribution >= 0.6 is 0 Å². The van der Waals surface area contributed by atoms with E-state index in [0.717, 1.165) is 0 Å². The SMILES string of the molecule is CC(=O)[C@@H](F)CCCN(C)CCS(=O)(=O)O. The van der Waals surface area contributed by atoms with Crippen molar-refractivity contribution >= 4 is 15.9 Å². The van der Waals surface area contributed by atoms with Gasteiger partial charge in [-0.2, -0.15) is 8.42 Å². The van der Waals surface area contributed by atoms with Crippen LogP contribution in [0.25, 0.3) is 0 Å². The number of carbonyl (C=O) groups is 1. The van der Waals surface area contributed by atoms with Gasteiger partial charge in [-0.15, -0.1) is 0 Å². The number of halogens is 1. The summed E-state index contributed by atoms with van der Waals surface area (Å²) < 4.78 is 42.2. The lowest BCUT2D eigenvalue weighted by Gasteiger charge is -2.15. The van der Waals surface area contributed by atoms with Crippen LogP contribution in [0.1, 0.15) is 19.8 Å². The van der Waals surface area contributed by atoms with Gasteiger partial charge in [0.05, 0.1) is 5.75 Å². The number of carbonyl (C=O) groups excluding carboxylic acids is 1. The molecule has 0 rings (SSSR count). The Kier molecular flexibility index (Phi) is 6.70. The van der Waals surface area contributed by atoms with E-state index in [-0.39, 0.29) is 18.7 Å². The molecule has 0 saturated heterocycles. The van der Waals surface area contributed by atoms with Crippen molar-refractivity contribution in [2.45, 2.75) is 25.9 Å². The molecule has 0 amide bonds. The molecule has 1 N–H and O–H groups in total. The zero-order chi connectivity index (χ0) is 12.8. The molecule has 0 aromatic rings. The average molecular weight is 255 g/mol. The zero-order valence-electron chi connectivity index (χ0n) is 9.52. The first-order valence-corrected chi connectivity index (χ1v) is 6.61. The van der Waals surface area contributed by atoms with E-state index in [1.54, 1.807) is 11.9 Å². The molecule has 0 spiro atoms. The quantitative estimate of drug-likeness (QED) is 0.640. The van der Waals surface area contributed by atoms with Gasteiger partial charge >= 0.3 is 0 Å². The van der Waals surface area contributed by atoms with Gasteiger partial charge in [-0.1, -0.05) is 0 Å². The highest BCUT2D eigenvalue weighted by Crippen LogP contribution is 2.04. The fraction of sp³-hybridized carbons (Fsp3) is 0.889. The van der Waals surface area contributed by atoms with Gasteiger partial charge < -0.3 is 4.90 Å². The molecule has 0 aliphatic carbocycles. The minimum Gasteiger partial charge on any atom is -0.305 e. The van der Waals surface area contributed by atoms with Crippen molar-refractivity contribution in [2.24, 2.45) is 0 Å². The zero-order valence-corrected chi connectivity index (χ0v) is 10.3. The van der Waals surface area contributed by atoms with Gasteiger partial charge in [-0.05, 0) is 33.4 Å². The Morgan fingerprint density at radius 3 is 2.44 bits per heavy atom. The maximum atomic E-state index is 12.8. The van der Waals surface area contributed by atoms with Crippen LogP contribution in [0.3, 0.4) is 0 Å². The average Bonchev–Trinajstić information content (AvgIpc) is 2.13. The highest BCUT2D eigenvalue weighted by atomic mass is 32.2. The predicted molar refractivity (Wildman–Crippen MR) is 58.7 cm³/mol. The molecule has 0 bridgehead atoms. The summed E-state index contributed by atoms with van der Waals surface area (Å²) in [6, 6.07) is 0. The van der Waals surface area contributed by atoms with Crippen LogP contribution in [0.2, 0.25) is 0 Å². The summed E-state index contributed by atoms with van der Waals surface area (Å²) >= 11 is 0. The second kappa shape index (κ2) is 6.93. The summed E-state index contributed by atoms with van der Waals surface area (Å²) in [6.45, 7) is 1.88. The van der Waals surface area contributed by atoms with E-state index in [9.17, 15) is 17.6 Å². The summed E-state index contributed by atoms with van der Waals surface area (Å²) in [5, 5.41) is 0. The maximum absolute atomic E-state index is 12.8. The van der Waals surface area contributed by atoms with E-state index in [1.807, 2.05) is 0 Å². The molecule has 0 aliphatic rings. The molecule has 0 unspecified atom stereocenters. The summed E-state index contributed by atoms with van der Waals surface area (Å²) in [4.78, 5) is 12.2. The smallest absolute Gasteiger partial charge is 0.266 e. The van der Waals surface area contributed by atoms with E-state index in [0.29, 0.717) is 13.0 Å². The Hall–Kier alpha value is -0.530. The highest BCUT2D eigenvalue weighted by molar-refractivity contribution is 7.85. The third-order valence-electron chi connectivity index (χ3n) is 2.17. The normalized spacial score (nSPS) is 14.1. The Balaban J connectivity index is 3.66. The lowest BCUT2D eigenvalue weighted by molar-refractivity contribution is -0.121. The van der Waals surface area contributed by atoms with Crippen LogP contribution in [0, 0.1) is 0 Å². The lowest BCUT2D eigenvalue weighted by Crippen LogP contribution is -2.27. The number of rotatable bonds is 8. The van der Waals surface area contributed by atoms with E-state index >= 15 is 0 Å². The fourth-order valence-electron chi connectivity index (χ4n) is 1.13. The Morgan fingerprint density at radius 2 is 2.00 bits per heavy atom. The first kappa shape index (κ1) is 15.5. The first-order chi connectivity index (χ1) is 7.22. The number of Topliss-reactive ketones (excluding diaryl/α,β-unsaturated/α-hetero) is 1. The molecule has 0 aliphatic heterocycles. The molecular weight excluding hydrogens is 237 g/mol. The Morgan fingerprint density at radius 1 is 1.44 bits per heavy atom. The van der Waals surface area contributed by atoms with Crippen molar-refractivity contribution in [3.63, 3.8) is 0 Å². The molecule has 16 heavy (non-hydrogen) atoms. The molecule has 0 aromatic carbocycles. The van der Waals surface area contributed by atoms with Crippen LogP contribution in [0.4, 0.5) is 4.39 Å². The summed E-state index contributed by atoms with van der Waals surface area (Å²) in [5.74, 6) is -0.824. The second-order valence-corrected chi connectivity index (χ2v) is 5.38. The topological polar surface area (TPSA) is 74.7 Å². The van der Waals surface area contributed by atoms with Crippen molar-refractivity contribution in [3.05, 3.63) is 0 Å². The fourth-order valence-corrected chi connectivity index (χ4v) is 1.67. The molecule has 1 atom stereocenters. The van der Waals surface area contributed by atoms with E-state index in [2.05, 4.69) is 0 Å². The van der Waals surface area contributed by atoms with Gasteiger partial charge in [0.2, 0.25) is 0 Å². The predicted octanol–water partition coefficient (Wildman–Crippen LogP) is 0.513. The molecule has 5 nitrogen and oxygen atoms in total. The van der Waals surface area contributed by atoms with Crippen LogP contribution in [0.5, 0.6) is 0 Å². The molecule has 96 valence electrons. The number of alkyl halides is 1. The minimum atomic E-state index is -3.94.